The highest BCUT2D eigenvalue weighted by Crippen LogP contribution is 2.36. The number of hydrogen-bond acceptors (Lipinski definition) is 23. The van der Waals surface area contributed by atoms with Gasteiger partial charge in [0.05, 0.1) is 116 Å². The molecule has 15 N–H and O–H groups in total. The maximum atomic E-state index is 11.3. The fraction of sp³-hybridized carbons (Fsp3) is 0.181. The van der Waals surface area contributed by atoms with Gasteiger partial charge in [0, 0.05) is 67.0 Å². The zero-order chi connectivity index (χ0) is 80.9. The van der Waals surface area contributed by atoms with Crippen LogP contribution in [0.2, 0.25) is 0 Å². The normalized spacial score (nSPS) is 12.1. The van der Waals surface area contributed by atoms with Crippen molar-refractivity contribution in [1.82, 2.24) is 70.1 Å². The van der Waals surface area contributed by atoms with Crippen molar-refractivity contribution in [3.05, 3.63) is 264 Å². The molecule has 0 aliphatic heterocycles. The topological polar surface area (TPSA) is 454 Å². The summed E-state index contributed by atoms with van der Waals surface area (Å²) in [7, 11) is 1.56. The fourth-order valence-electron chi connectivity index (χ4n) is 12.0. The van der Waals surface area contributed by atoms with E-state index in [-0.39, 0.29) is 39.5 Å². The first kappa shape index (κ1) is 83.2. The van der Waals surface area contributed by atoms with Gasteiger partial charge in [0.25, 0.3) is 23.6 Å². The third-order valence-electron chi connectivity index (χ3n) is 17.4. The van der Waals surface area contributed by atoms with Crippen LogP contribution in [0.3, 0.4) is 0 Å². The number of hydrogen-bond donors (Lipinski definition) is 15. The summed E-state index contributed by atoms with van der Waals surface area (Å²) in [6.45, 7) is 0.277. The second-order valence-corrected chi connectivity index (χ2v) is 25.4. The first-order valence-electron chi connectivity index (χ1n) is 35.6. The van der Waals surface area contributed by atoms with Crippen molar-refractivity contribution in [2.75, 3.05) is 33.5 Å². The summed E-state index contributed by atoms with van der Waals surface area (Å²) in [6.07, 6.45) is 14.9. The van der Waals surface area contributed by atoms with Gasteiger partial charge in [-0.1, -0.05) is 91.0 Å². The van der Waals surface area contributed by atoms with Crippen molar-refractivity contribution >= 4 is 92.1 Å². The second kappa shape index (κ2) is 41.7. The number of pyridine rings is 2. The highest BCUT2D eigenvalue weighted by Gasteiger charge is 2.21. The molecule has 3 atom stereocenters. The summed E-state index contributed by atoms with van der Waals surface area (Å²) in [4.78, 5) is 71.7. The molecule has 0 saturated carbocycles. The van der Waals surface area contributed by atoms with E-state index in [1.165, 1.54) is 35.3 Å². The molecule has 3 unspecified atom stereocenters. The number of aliphatic hydroxyl groups is 7. The summed E-state index contributed by atoms with van der Waals surface area (Å²) in [5.41, 5.74) is 19.7. The number of aromatic nitrogens is 10. The minimum atomic E-state index is -0.982. The Hall–Kier alpha value is -13.3. The number of nitrogens with zero attached hydrogens (tertiary/aromatic N) is 10. The molecule has 6 heterocycles. The number of carbonyl (C=O) groups excluding carboxylic acids is 4. The van der Waals surface area contributed by atoms with Crippen molar-refractivity contribution in [3.8, 4) is 45.8 Å². The fourth-order valence-corrected chi connectivity index (χ4v) is 12.0. The van der Waals surface area contributed by atoms with Gasteiger partial charge in [0.1, 0.15) is 29.8 Å². The smallest absolute Gasteiger partial charge is 0.267 e. The van der Waals surface area contributed by atoms with E-state index in [0.29, 0.717) is 65.0 Å². The first-order chi connectivity index (χ1) is 55.5. The number of ether oxygens (including phenoxy) is 2. The van der Waals surface area contributed by atoms with Crippen molar-refractivity contribution in [1.29, 1.82) is 0 Å². The Bertz CT molecular complexity index is 5500. The van der Waals surface area contributed by atoms with Crippen LogP contribution < -0.4 is 31.4 Å². The molecule has 588 valence electrons. The monoisotopic (exact) mass is 1550 g/mol. The minimum absolute atomic E-state index is 0.00185. The van der Waals surface area contributed by atoms with E-state index >= 15 is 0 Å². The van der Waals surface area contributed by atoms with Gasteiger partial charge in [0.15, 0.2) is 17.3 Å². The molecule has 4 amide bonds. The van der Waals surface area contributed by atoms with Crippen LogP contribution in [0.25, 0.3) is 103 Å². The van der Waals surface area contributed by atoms with Crippen LogP contribution in [-0.4, -0.2) is 180 Å². The van der Waals surface area contributed by atoms with E-state index in [2.05, 4.69) is 32.1 Å². The average molecular weight is 1550 g/mol. The van der Waals surface area contributed by atoms with Crippen molar-refractivity contribution in [3.63, 3.8) is 0 Å². The molecule has 0 bridgehead atoms. The number of rotatable bonds is 29. The Balaban J connectivity index is 0.000000163. The summed E-state index contributed by atoms with van der Waals surface area (Å²) in [5.74, 6) is 1.34. The Labute approximate surface area is 651 Å². The molecule has 31 nitrogen and oxygen atoms in total. The molecule has 0 radical (unpaired) electrons. The van der Waals surface area contributed by atoms with E-state index < -0.39 is 48.5 Å². The Morgan fingerprint density at radius 1 is 0.421 bits per heavy atom. The molecule has 6 aromatic heterocycles. The minimum Gasteiger partial charge on any atom is -0.493 e. The van der Waals surface area contributed by atoms with E-state index in [4.69, 9.17) is 40.3 Å². The summed E-state index contributed by atoms with van der Waals surface area (Å²) < 4.78 is 19.0. The van der Waals surface area contributed by atoms with E-state index in [1.54, 1.807) is 101 Å². The summed E-state index contributed by atoms with van der Waals surface area (Å²) in [6, 6.07) is 56.5. The summed E-state index contributed by atoms with van der Waals surface area (Å²) >= 11 is 0. The Kier molecular flexibility index (Phi) is 30.4. The van der Waals surface area contributed by atoms with Crippen molar-refractivity contribution in [2.45, 2.75) is 63.9 Å². The van der Waals surface area contributed by atoms with Gasteiger partial charge < -0.3 is 63.5 Å². The van der Waals surface area contributed by atoms with Crippen LogP contribution in [0.5, 0.6) is 11.5 Å². The maximum absolute atomic E-state index is 11.3. The predicted molar refractivity (Wildman–Crippen MR) is 424 cm³/mol. The largest absolute Gasteiger partial charge is 0.493 e. The lowest BCUT2D eigenvalue weighted by molar-refractivity contribution is -0.124. The van der Waals surface area contributed by atoms with Crippen LogP contribution in [0, 0.1) is 0 Å². The molecule has 0 spiro atoms. The van der Waals surface area contributed by atoms with Gasteiger partial charge in [0.2, 0.25) is 0 Å². The zero-order valence-electron chi connectivity index (χ0n) is 61.5. The van der Waals surface area contributed by atoms with Gasteiger partial charge in [-0.15, -0.1) is 0 Å². The molecule has 7 aromatic carbocycles. The predicted octanol–water partition coefficient (Wildman–Crippen LogP) is 7.44. The second-order valence-electron chi connectivity index (χ2n) is 25.4. The molecule has 0 fully saturated rings. The molecule has 13 aromatic rings. The molecule has 31 heteroatoms. The molecular formula is C83H84N14O17. The molecular weight excluding hydrogens is 1460 g/mol. The van der Waals surface area contributed by atoms with Crippen LogP contribution in [0.15, 0.2) is 225 Å². The van der Waals surface area contributed by atoms with E-state index in [1.807, 2.05) is 153 Å². The molecule has 0 saturated heterocycles. The third kappa shape index (κ3) is 22.5. The van der Waals surface area contributed by atoms with Gasteiger partial charge in [-0.05, 0) is 155 Å². The van der Waals surface area contributed by atoms with Gasteiger partial charge in [-0.3, -0.25) is 50.0 Å². The van der Waals surface area contributed by atoms with Crippen molar-refractivity contribution in [2.24, 2.45) is 0 Å². The van der Waals surface area contributed by atoms with Crippen LogP contribution in [0.4, 0.5) is 0 Å². The van der Waals surface area contributed by atoms with E-state index in [9.17, 15) is 54.9 Å². The number of aryl methyl sites for hydroxylation is 2. The number of fused-ring (bicyclic) bond motifs is 4. The van der Waals surface area contributed by atoms with Gasteiger partial charge in [-0.2, -0.15) is 0 Å². The van der Waals surface area contributed by atoms with E-state index in [0.717, 1.165) is 84.6 Å². The zero-order valence-corrected chi connectivity index (χ0v) is 61.5. The number of aliphatic hydroxyl groups excluding tert-OH is 7. The third-order valence-corrected chi connectivity index (χ3v) is 17.4. The molecule has 0 aliphatic carbocycles. The van der Waals surface area contributed by atoms with Crippen LogP contribution in [0.1, 0.15) is 39.2 Å². The quantitative estimate of drug-likeness (QED) is 0.0123. The number of benzene rings is 7. The highest BCUT2D eigenvalue weighted by atomic mass is 16.5. The lowest BCUT2D eigenvalue weighted by atomic mass is 10.1. The van der Waals surface area contributed by atoms with Gasteiger partial charge >= 0.3 is 0 Å². The SMILES string of the molecule is COc1cc(-c2nc3cc(/C=C/C(=O)NO)ccc3n2CC(O)CO)ccc1OCc1ccccc1.O=C(/C=C/c1ccc2c(c1)nc(-c1ccccn1)n2CC(O)CO)NO.O=C(/C=C/c1ccc2c(c1)nc(-c1ccncc1)n2CCO)NO.O=C(/C=C/c1ccc2c(c1)nc(CCc1ccccc1)n2CC(O)CO)NO. The first-order valence-corrected chi connectivity index (χ1v) is 35.6. The summed E-state index contributed by atoms with van der Waals surface area (Å²) in [5, 5.41) is 102. The highest BCUT2D eigenvalue weighted by molar-refractivity contribution is 5.95. The number of nitrogens with one attached hydrogen (secondary N) is 4. The molecule has 0 aliphatic rings. The van der Waals surface area contributed by atoms with Crippen LogP contribution >= 0.6 is 0 Å². The number of amides is 4. The maximum Gasteiger partial charge on any atom is 0.267 e. The van der Waals surface area contributed by atoms with Crippen molar-refractivity contribution < 1.29 is 85.2 Å². The number of methoxy groups -OCH3 is 1. The Morgan fingerprint density at radius 2 is 0.842 bits per heavy atom. The standard InChI is InChI=1S/C27H27N3O6.C21H23N3O4.C18H18N4O4.C17H16N4O3/c1-35-25-14-20(9-11-24(25)36-17-19-5-3-2-4-6-19)27-28-22-13-18(8-12-26(33)29-34)7-10-23(22)30(27)15-21(32)16-31;25-14-17(26)13-24-19-9-6-16(8-11-21(27)23-28)12-18(19)22-20(24)10-7-15-4-2-1-3-5-15;23-11-13(24)10-22-16-6-4-12(5-7-17(25)21-26)9-15(16)20-18(22)14-3-1-2-8-19-14;22-10-9-21-15-3-1-12(2-4-16(23)20-24)11-14(15)19-17(21)13-5-7-18-8-6-13/h2-14,21,31-32,34H,15-17H2,1H3,(H,29,33);1-6,8-9,11-12,17,25-26,28H,7,10,13-14H2,(H,23,27);1-9,13,23-24,26H,10-11H2,(H,21,25);1-8,11,22,24H,9-10H2,(H,20,23)/b12-8+;11-8+;7-5+;4-2+. The lowest BCUT2D eigenvalue weighted by Crippen LogP contribution is -2.21. The number of carbonyl (C=O) groups is 4. The molecule has 114 heavy (non-hydrogen) atoms. The lowest BCUT2D eigenvalue weighted by Gasteiger charge is -2.15. The number of hydroxylamine groups is 4. The Morgan fingerprint density at radius 3 is 1.29 bits per heavy atom. The average Bonchev–Trinajstić information content (AvgIpc) is 1.64. The number of imidazole rings is 4. The molecule has 13 rings (SSSR count). The van der Waals surface area contributed by atoms with Gasteiger partial charge in [-0.25, -0.2) is 41.9 Å². The van der Waals surface area contributed by atoms with Crippen LogP contribution in [-0.2, 0) is 64.8 Å².